The molecule has 20 heavy (non-hydrogen) atoms. The molecule has 0 bridgehead atoms. The molecule has 0 aromatic heterocycles. The summed E-state index contributed by atoms with van der Waals surface area (Å²) < 4.78 is 5.43. The molecule has 0 atom stereocenters. The van der Waals surface area contributed by atoms with Crippen molar-refractivity contribution in [3.8, 4) is 5.75 Å². The summed E-state index contributed by atoms with van der Waals surface area (Å²) in [6.45, 7) is 4.88. The van der Waals surface area contributed by atoms with Crippen LogP contribution in [-0.4, -0.2) is 19.1 Å². The van der Waals surface area contributed by atoms with Crippen LogP contribution in [0, 0.1) is 6.92 Å². The molecule has 1 aromatic carbocycles. The first-order valence-corrected chi connectivity index (χ1v) is 7.67. The third-order valence-electron chi connectivity index (χ3n) is 3.10. The number of benzene rings is 1. The van der Waals surface area contributed by atoms with E-state index in [0.717, 1.165) is 18.5 Å². The van der Waals surface area contributed by atoms with E-state index in [1.165, 1.54) is 25.7 Å². The first kappa shape index (κ1) is 16.8. The molecule has 0 aliphatic rings. The highest BCUT2D eigenvalue weighted by atomic mass is 35.5. The molecule has 0 fully saturated rings. The lowest BCUT2D eigenvalue weighted by Crippen LogP contribution is -2.29. The van der Waals surface area contributed by atoms with E-state index in [4.69, 9.17) is 16.3 Å². The standard InChI is InChI=1S/C16H24ClNO2/c1-3-4-5-6-7-10-18-16(19)12-20-14-8-9-15(17)13(2)11-14/h8-9,11H,3-7,10,12H2,1-2H3,(H,18,19). The van der Waals surface area contributed by atoms with Gasteiger partial charge >= 0.3 is 0 Å². The van der Waals surface area contributed by atoms with Crippen LogP contribution in [-0.2, 0) is 4.79 Å². The number of unbranched alkanes of at least 4 members (excludes halogenated alkanes) is 4. The van der Waals surface area contributed by atoms with Gasteiger partial charge in [0.2, 0.25) is 0 Å². The summed E-state index contributed by atoms with van der Waals surface area (Å²) >= 11 is 5.93. The second kappa shape index (κ2) is 9.65. The molecule has 112 valence electrons. The number of ether oxygens (including phenoxy) is 1. The van der Waals surface area contributed by atoms with Crippen molar-refractivity contribution in [2.75, 3.05) is 13.2 Å². The summed E-state index contributed by atoms with van der Waals surface area (Å²) in [5, 5.41) is 3.57. The smallest absolute Gasteiger partial charge is 0.257 e. The predicted molar refractivity (Wildman–Crippen MR) is 83.5 cm³/mol. The van der Waals surface area contributed by atoms with Crippen molar-refractivity contribution in [3.63, 3.8) is 0 Å². The van der Waals surface area contributed by atoms with Crippen molar-refractivity contribution in [3.05, 3.63) is 28.8 Å². The maximum atomic E-state index is 11.6. The van der Waals surface area contributed by atoms with Crippen molar-refractivity contribution >= 4 is 17.5 Å². The third-order valence-corrected chi connectivity index (χ3v) is 3.53. The van der Waals surface area contributed by atoms with Crippen molar-refractivity contribution < 1.29 is 9.53 Å². The van der Waals surface area contributed by atoms with Gasteiger partial charge in [-0.2, -0.15) is 0 Å². The van der Waals surface area contributed by atoms with Crippen LogP contribution in [0.5, 0.6) is 5.75 Å². The van der Waals surface area contributed by atoms with E-state index in [-0.39, 0.29) is 12.5 Å². The number of hydrogen-bond acceptors (Lipinski definition) is 2. The Hall–Kier alpha value is -1.22. The lowest BCUT2D eigenvalue weighted by Gasteiger charge is -2.08. The van der Waals surface area contributed by atoms with Crippen molar-refractivity contribution in [2.24, 2.45) is 0 Å². The molecule has 1 aromatic rings. The van der Waals surface area contributed by atoms with Gasteiger partial charge in [-0.15, -0.1) is 0 Å². The van der Waals surface area contributed by atoms with Gasteiger partial charge in [-0.1, -0.05) is 44.2 Å². The van der Waals surface area contributed by atoms with E-state index in [1.807, 2.05) is 13.0 Å². The van der Waals surface area contributed by atoms with Gasteiger partial charge in [0.25, 0.3) is 5.91 Å². The summed E-state index contributed by atoms with van der Waals surface area (Å²) in [5.74, 6) is 0.595. The Morgan fingerprint density at radius 3 is 2.70 bits per heavy atom. The first-order valence-electron chi connectivity index (χ1n) is 7.29. The number of carbonyl (C=O) groups excluding carboxylic acids is 1. The molecule has 4 heteroatoms. The van der Waals surface area contributed by atoms with E-state index >= 15 is 0 Å². The summed E-state index contributed by atoms with van der Waals surface area (Å²) in [6.07, 6.45) is 5.96. The summed E-state index contributed by atoms with van der Waals surface area (Å²) in [4.78, 5) is 11.6. The minimum absolute atomic E-state index is 0.0516. The minimum Gasteiger partial charge on any atom is -0.484 e. The number of carbonyl (C=O) groups is 1. The summed E-state index contributed by atoms with van der Waals surface area (Å²) in [5.41, 5.74) is 0.945. The van der Waals surface area contributed by atoms with Crippen LogP contribution < -0.4 is 10.1 Å². The average molecular weight is 298 g/mol. The Morgan fingerprint density at radius 2 is 2.00 bits per heavy atom. The molecule has 0 saturated carbocycles. The highest BCUT2D eigenvalue weighted by Crippen LogP contribution is 2.20. The fraction of sp³-hybridized carbons (Fsp3) is 0.562. The van der Waals surface area contributed by atoms with Crippen molar-refractivity contribution in [2.45, 2.75) is 46.0 Å². The van der Waals surface area contributed by atoms with Gasteiger partial charge in [0, 0.05) is 11.6 Å². The molecule has 1 N–H and O–H groups in total. The van der Waals surface area contributed by atoms with E-state index in [1.54, 1.807) is 12.1 Å². The molecular weight excluding hydrogens is 274 g/mol. The van der Waals surface area contributed by atoms with Crippen LogP contribution in [0.1, 0.15) is 44.6 Å². The van der Waals surface area contributed by atoms with E-state index in [2.05, 4.69) is 12.2 Å². The number of aryl methyl sites for hydroxylation is 1. The molecule has 0 spiro atoms. The number of hydrogen-bond donors (Lipinski definition) is 1. The molecule has 1 amide bonds. The minimum atomic E-state index is -0.0758. The highest BCUT2D eigenvalue weighted by molar-refractivity contribution is 6.31. The second-order valence-corrected chi connectivity index (χ2v) is 5.37. The van der Waals surface area contributed by atoms with Crippen LogP contribution in [0.15, 0.2) is 18.2 Å². The second-order valence-electron chi connectivity index (χ2n) is 4.96. The van der Waals surface area contributed by atoms with Crippen LogP contribution in [0.3, 0.4) is 0 Å². The fourth-order valence-corrected chi connectivity index (χ4v) is 1.98. The molecule has 3 nitrogen and oxygen atoms in total. The summed E-state index contributed by atoms with van der Waals surface area (Å²) in [6, 6.07) is 5.38. The highest BCUT2D eigenvalue weighted by Gasteiger charge is 2.03. The number of amides is 1. The molecule has 1 rings (SSSR count). The van der Waals surface area contributed by atoms with Crippen molar-refractivity contribution in [1.82, 2.24) is 5.32 Å². The van der Waals surface area contributed by atoms with Crippen LogP contribution >= 0.6 is 11.6 Å². The maximum Gasteiger partial charge on any atom is 0.257 e. The Labute approximate surface area is 126 Å². The van der Waals surface area contributed by atoms with Gasteiger partial charge in [-0.05, 0) is 37.1 Å². The van der Waals surface area contributed by atoms with Gasteiger partial charge in [0.05, 0.1) is 0 Å². The molecule has 0 aliphatic heterocycles. The van der Waals surface area contributed by atoms with Crippen molar-refractivity contribution in [1.29, 1.82) is 0 Å². The zero-order valence-corrected chi connectivity index (χ0v) is 13.1. The number of halogens is 1. The topological polar surface area (TPSA) is 38.3 Å². The summed E-state index contributed by atoms with van der Waals surface area (Å²) in [7, 11) is 0. The Morgan fingerprint density at radius 1 is 1.25 bits per heavy atom. The van der Waals surface area contributed by atoms with E-state index < -0.39 is 0 Å². The predicted octanol–water partition coefficient (Wildman–Crippen LogP) is 4.11. The van der Waals surface area contributed by atoms with Gasteiger partial charge < -0.3 is 10.1 Å². The number of rotatable bonds is 9. The third kappa shape index (κ3) is 6.80. The Bertz CT molecular complexity index is 421. The normalized spacial score (nSPS) is 10.3. The quantitative estimate of drug-likeness (QED) is 0.697. The lowest BCUT2D eigenvalue weighted by atomic mass is 10.1. The molecular formula is C16H24ClNO2. The molecule has 0 unspecified atom stereocenters. The van der Waals surface area contributed by atoms with Gasteiger partial charge in [0.1, 0.15) is 5.75 Å². The first-order chi connectivity index (χ1) is 9.63. The zero-order chi connectivity index (χ0) is 14.8. The van der Waals surface area contributed by atoms with Crippen LogP contribution in [0.2, 0.25) is 5.02 Å². The largest absolute Gasteiger partial charge is 0.484 e. The Balaban J connectivity index is 2.15. The van der Waals surface area contributed by atoms with Gasteiger partial charge in [-0.25, -0.2) is 0 Å². The fourth-order valence-electron chi connectivity index (χ4n) is 1.86. The van der Waals surface area contributed by atoms with Gasteiger partial charge in [0.15, 0.2) is 6.61 Å². The zero-order valence-electron chi connectivity index (χ0n) is 12.4. The monoisotopic (exact) mass is 297 g/mol. The molecule has 0 heterocycles. The SMILES string of the molecule is CCCCCCCNC(=O)COc1ccc(Cl)c(C)c1. The average Bonchev–Trinajstić information content (AvgIpc) is 2.44. The molecule has 0 aliphatic carbocycles. The molecule has 0 radical (unpaired) electrons. The van der Waals surface area contributed by atoms with Gasteiger partial charge in [-0.3, -0.25) is 4.79 Å². The van der Waals surface area contributed by atoms with Crippen LogP contribution in [0.25, 0.3) is 0 Å². The Kier molecular flexibility index (Phi) is 8.12. The lowest BCUT2D eigenvalue weighted by molar-refractivity contribution is -0.123. The molecule has 0 saturated heterocycles. The van der Waals surface area contributed by atoms with E-state index in [0.29, 0.717) is 10.8 Å². The maximum absolute atomic E-state index is 11.6. The van der Waals surface area contributed by atoms with Crippen LogP contribution in [0.4, 0.5) is 0 Å². The van der Waals surface area contributed by atoms with E-state index in [9.17, 15) is 4.79 Å². The number of nitrogens with one attached hydrogen (secondary N) is 1.